The Morgan fingerprint density at radius 2 is 1.80 bits per heavy atom. The SMILES string of the molecule is O=C(CCC1CCNC1)NC(CCc1ccccc1)c1ccccc1. The van der Waals surface area contributed by atoms with Crippen molar-refractivity contribution in [1.82, 2.24) is 10.6 Å². The highest BCUT2D eigenvalue weighted by Gasteiger charge is 2.18. The highest BCUT2D eigenvalue weighted by molar-refractivity contribution is 5.76. The minimum absolute atomic E-state index is 0.0793. The van der Waals surface area contributed by atoms with Gasteiger partial charge in [0.25, 0.3) is 0 Å². The second kappa shape index (κ2) is 9.38. The molecular weight excluding hydrogens is 308 g/mol. The maximum atomic E-state index is 12.5. The van der Waals surface area contributed by atoms with Gasteiger partial charge in [-0.3, -0.25) is 4.79 Å². The molecular formula is C22H28N2O. The second-order valence-electron chi connectivity index (χ2n) is 6.95. The third-order valence-corrected chi connectivity index (χ3v) is 5.04. The molecule has 3 rings (SSSR count). The summed E-state index contributed by atoms with van der Waals surface area (Å²) in [4.78, 5) is 12.5. The van der Waals surface area contributed by atoms with Crippen LogP contribution in [-0.4, -0.2) is 19.0 Å². The van der Waals surface area contributed by atoms with Gasteiger partial charge in [-0.05, 0) is 55.8 Å². The first-order valence-electron chi connectivity index (χ1n) is 9.40. The molecule has 0 radical (unpaired) electrons. The van der Waals surface area contributed by atoms with Gasteiger partial charge in [0.05, 0.1) is 6.04 Å². The molecule has 2 N–H and O–H groups in total. The Bertz CT molecular complexity index is 636. The lowest BCUT2D eigenvalue weighted by Crippen LogP contribution is -2.29. The van der Waals surface area contributed by atoms with Gasteiger partial charge in [0, 0.05) is 6.42 Å². The lowest BCUT2D eigenvalue weighted by atomic mass is 9.98. The van der Waals surface area contributed by atoms with Gasteiger partial charge in [-0.25, -0.2) is 0 Å². The maximum absolute atomic E-state index is 12.5. The highest BCUT2D eigenvalue weighted by Crippen LogP contribution is 2.20. The Kier molecular flexibility index (Phi) is 6.63. The average molecular weight is 336 g/mol. The van der Waals surface area contributed by atoms with Crippen LogP contribution in [0.15, 0.2) is 60.7 Å². The molecule has 0 saturated carbocycles. The van der Waals surface area contributed by atoms with E-state index in [0.29, 0.717) is 12.3 Å². The molecule has 0 spiro atoms. The van der Waals surface area contributed by atoms with E-state index < -0.39 is 0 Å². The molecule has 1 heterocycles. The van der Waals surface area contributed by atoms with Crippen LogP contribution in [0.1, 0.15) is 42.9 Å². The molecule has 2 unspecified atom stereocenters. The summed E-state index contributed by atoms with van der Waals surface area (Å²) in [6, 6.07) is 20.9. The van der Waals surface area contributed by atoms with Gasteiger partial charge in [-0.1, -0.05) is 60.7 Å². The van der Waals surface area contributed by atoms with E-state index >= 15 is 0 Å². The summed E-state index contributed by atoms with van der Waals surface area (Å²) in [5, 5.41) is 6.64. The number of amides is 1. The molecule has 2 aromatic carbocycles. The van der Waals surface area contributed by atoms with Gasteiger partial charge in [-0.15, -0.1) is 0 Å². The van der Waals surface area contributed by atoms with Crippen molar-refractivity contribution >= 4 is 5.91 Å². The van der Waals surface area contributed by atoms with Crippen molar-refractivity contribution in [2.45, 2.75) is 38.1 Å². The van der Waals surface area contributed by atoms with E-state index in [1.54, 1.807) is 0 Å². The standard InChI is InChI=1S/C22H28N2O/c25-22(14-12-19-15-16-23-17-19)24-21(20-9-5-2-6-10-20)13-11-18-7-3-1-4-8-18/h1-10,19,21,23H,11-17H2,(H,24,25). The van der Waals surface area contributed by atoms with Gasteiger partial charge >= 0.3 is 0 Å². The minimum atomic E-state index is 0.0793. The predicted octanol–water partition coefficient (Wildman–Crippen LogP) is 3.87. The quantitative estimate of drug-likeness (QED) is 0.768. The van der Waals surface area contributed by atoms with Crippen LogP contribution in [0.4, 0.5) is 0 Å². The molecule has 1 amide bonds. The van der Waals surface area contributed by atoms with E-state index in [1.807, 2.05) is 24.3 Å². The molecule has 2 aromatic rings. The van der Waals surface area contributed by atoms with Crippen LogP contribution in [0.25, 0.3) is 0 Å². The Morgan fingerprint density at radius 1 is 1.08 bits per heavy atom. The topological polar surface area (TPSA) is 41.1 Å². The molecule has 0 aliphatic carbocycles. The van der Waals surface area contributed by atoms with Crippen molar-refractivity contribution in [2.24, 2.45) is 5.92 Å². The van der Waals surface area contributed by atoms with Gasteiger partial charge in [0.15, 0.2) is 0 Å². The molecule has 25 heavy (non-hydrogen) atoms. The van der Waals surface area contributed by atoms with Gasteiger partial charge < -0.3 is 10.6 Å². The zero-order valence-electron chi connectivity index (χ0n) is 14.8. The summed E-state index contributed by atoms with van der Waals surface area (Å²) < 4.78 is 0. The molecule has 1 saturated heterocycles. The third kappa shape index (κ3) is 5.71. The smallest absolute Gasteiger partial charge is 0.220 e. The summed E-state index contributed by atoms with van der Waals surface area (Å²) in [5.41, 5.74) is 2.50. The molecule has 3 nitrogen and oxygen atoms in total. The Morgan fingerprint density at radius 3 is 2.48 bits per heavy atom. The first kappa shape index (κ1) is 17.7. The van der Waals surface area contributed by atoms with Crippen LogP contribution in [0.2, 0.25) is 0 Å². The summed E-state index contributed by atoms with van der Waals surface area (Å²) in [7, 11) is 0. The summed E-state index contributed by atoms with van der Waals surface area (Å²) in [5.74, 6) is 0.832. The van der Waals surface area contributed by atoms with Crippen LogP contribution in [0.3, 0.4) is 0 Å². The third-order valence-electron chi connectivity index (χ3n) is 5.04. The largest absolute Gasteiger partial charge is 0.349 e. The molecule has 0 aromatic heterocycles. The van der Waals surface area contributed by atoms with Crippen molar-refractivity contribution in [3.05, 3.63) is 71.8 Å². The number of rotatable bonds is 8. The van der Waals surface area contributed by atoms with Crippen LogP contribution in [0, 0.1) is 5.92 Å². The van der Waals surface area contributed by atoms with Crippen LogP contribution < -0.4 is 10.6 Å². The number of carbonyl (C=O) groups is 1. The predicted molar refractivity (Wildman–Crippen MR) is 102 cm³/mol. The first-order valence-corrected chi connectivity index (χ1v) is 9.40. The number of nitrogens with one attached hydrogen (secondary N) is 2. The number of hydrogen-bond acceptors (Lipinski definition) is 2. The fourth-order valence-electron chi connectivity index (χ4n) is 3.53. The van der Waals surface area contributed by atoms with E-state index in [-0.39, 0.29) is 11.9 Å². The highest BCUT2D eigenvalue weighted by atomic mass is 16.1. The molecule has 132 valence electrons. The van der Waals surface area contributed by atoms with Crippen molar-refractivity contribution in [3.63, 3.8) is 0 Å². The lowest BCUT2D eigenvalue weighted by Gasteiger charge is -2.20. The molecule has 3 heteroatoms. The minimum Gasteiger partial charge on any atom is -0.349 e. The molecule has 0 bridgehead atoms. The van der Waals surface area contributed by atoms with Crippen molar-refractivity contribution in [2.75, 3.05) is 13.1 Å². The summed E-state index contributed by atoms with van der Waals surface area (Å²) in [6.07, 6.45) is 4.70. The molecule has 1 aliphatic rings. The van der Waals surface area contributed by atoms with E-state index in [0.717, 1.165) is 32.4 Å². The van der Waals surface area contributed by atoms with Crippen molar-refractivity contribution in [1.29, 1.82) is 0 Å². The average Bonchev–Trinajstić information content (AvgIpc) is 3.18. The Hall–Kier alpha value is -2.13. The number of aryl methyl sites for hydroxylation is 1. The number of benzene rings is 2. The number of hydrogen-bond donors (Lipinski definition) is 2. The molecule has 2 atom stereocenters. The molecule has 1 aliphatic heterocycles. The van der Waals surface area contributed by atoms with E-state index in [2.05, 4.69) is 47.0 Å². The van der Waals surface area contributed by atoms with Gasteiger partial charge in [0.1, 0.15) is 0 Å². The van der Waals surface area contributed by atoms with E-state index in [9.17, 15) is 4.79 Å². The van der Waals surface area contributed by atoms with Gasteiger partial charge in [-0.2, -0.15) is 0 Å². The fourth-order valence-corrected chi connectivity index (χ4v) is 3.53. The van der Waals surface area contributed by atoms with Gasteiger partial charge in [0.2, 0.25) is 5.91 Å². The van der Waals surface area contributed by atoms with E-state index in [1.165, 1.54) is 17.5 Å². The van der Waals surface area contributed by atoms with Crippen molar-refractivity contribution < 1.29 is 4.79 Å². The molecule has 1 fully saturated rings. The van der Waals surface area contributed by atoms with Crippen LogP contribution in [-0.2, 0) is 11.2 Å². The van der Waals surface area contributed by atoms with Crippen molar-refractivity contribution in [3.8, 4) is 0 Å². The first-order chi connectivity index (χ1) is 12.3. The monoisotopic (exact) mass is 336 g/mol. The summed E-state index contributed by atoms with van der Waals surface area (Å²) in [6.45, 7) is 2.15. The number of carbonyl (C=O) groups excluding carboxylic acids is 1. The Balaban J connectivity index is 1.56. The van der Waals surface area contributed by atoms with Crippen LogP contribution in [0.5, 0.6) is 0 Å². The van der Waals surface area contributed by atoms with E-state index in [4.69, 9.17) is 0 Å². The van der Waals surface area contributed by atoms with Crippen LogP contribution >= 0.6 is 0 Å². The second-order valence-corrected chi connectivity index (χ2v) is 6.95. The normalized spacial score (nSPS) is 18.0. The Labute approximate surface area is 150 Å². The lowest BCUT2D eigenvalue weighted by molar-refractivity contribution is -0.122. The zero-order chi connectivity index (χ0) is 17.3. The maximum Gasteiger partial charge on any atom is 0.220 e. The summed E-state index contributed by atoms with van der Waals surface area (Å²) >= 11 is 0. The fraction of sp³-hybridized carbons (Fsp3) is 0.409. The zero-order valence-corrected chi connectivity index (χ0v) is 14.8.